The minimum Gasteiger partial charge on any atom is -0.487 e. The highest BCUT2D eigenvalue weighted by Gasteiger charge is 2.30. The molecule has 102 heavy (non-hydrogen) atoms. The van der Waals surface area contributed by atoms with E-state index in [1.165, 1.54) is 0 Å². The van der Waals surface area contributed by atoms with Crippen LogP contribution in [0.2, 0.25) is 0 Å². The molecule has 512 valence electrons. The lowest BCUT2D eigenvalue weighted by atomic mass is 9.94. The topological polar surface area (TPSA) is 188 Å². The number of carbonyl (C=O) groups excluding carboxylic acids is 2. The molecule has 4 aliphatic rings. The Morgan fingerprint density at radius 2 is 0.824 bits per heavy atom. The maximum atomic E-state index is 14.8. The molecule has 4 aromatic heterocycles. The van der Waals surface area contributed by atoms with Gasteiger partial charge in [-0.15, -0.1) is 0 Å². The Morgan fingerprint density at radius 3 is 1.24 bits per heavy atom. The highest BCUT2D eigenvalue weighted by atomic mass is 19.2. The molecular weight excluding hydrogens is 1290 g/mol. The molecule has 14 rings (SSSR count). The smallest absolute Gasteiger partial charge is 0.487 e. The summed E-state index contributed by atoms with van der Waals surface area (Å²) in [7, 11) is -2.76. The molecular formula is C83H75BF2N8O8. The standard InChI is InChI=1S/C83H75BF2N8O8/c1-50-7-11-56(12-8-50)75-65-28-32-69(90-65)77(58-15-19-61(20-16-58)82(95)88-63-25-23-60(24-26-63)79(80-52(3)47-54(5)87-80)81-53(4)48-55(6)94(81)84(85)86)70-33-29-66(91-70)76(57-13-9-51(2)10-14-57)68-31-35-72(93-68)78(71-34-30-67(75)92-71)59-17-21-62(22-18-59)83(96)89-64-27-36-73-74(49-64)102-46-44-100-42-40-98-38-37-97-39-41-99-43-45-101-73/h7-36,47-49,90,93H,37-46H2,1-6H3,(H,88,95)(H,89,96)/b75-65?,75-67?,76-66?,76-68?,77-69?,77-70?,78-71?,78-72?,80-79-. The Balaban J connectivity index is 0.817. The van der Waals surface area contributed by atoms with Crippen molar-refractivity contribution in [3.8, 4) is 56.0 Å². The quantitative estimate of drug-likeness (QED) is 0.0908. The minimum atomic E-state index is -2.76. The second-order valence-corrected chi connectivity index (χ2v) is 25.5. The van der Waals surface area contributed by atoms with Crippen LogP contribution in [0.15, 0.2) is 192 Å². The first kappa shape index (κ1) is 67.8. The van der Waals surface area contributed by atoms with Gasteiger partial charge in [-0.1, -0.05) is 96.1 Å². The number of nitrogens with zero attached hydrogens (tertiary/aromatic N) is 4. The molecule has 16 nitrogen and oxygen atoms in total. The lowest BCUT2D eigenvalue weighted by Gasteiger charge is -2.17. The van der Waals surface area contributed by atoms with Gasteiger partial charge in [0.25, 0.3) is 11.8 Å². The Bertz CT molecular complexity index is 5140. The molecule has 0 aliphatic carbocycles. The van der Waals surface area contributed by atoms with Gasteiger partial charge in [-0.2, -0.15) is 0 Å². The Kier molecular flexibility index (Phi) is 20.1. The molecule has 0 atom stereocenters. The van der Waals surface area contributed by atoms with Crippen molar-refractivity contribution in [2.45, 2.75) is 41.5 Å². The van der Waals surface area contributed by atoms with E-state index in [1.807, 2.05) is 99.7 Å². The van der Waals surface area contributed by atoms with Gasteiger partial charge in [-0.3, -0.25) is 23.2 Å². The number of ether oxygens (including phenoxy) is 6. The predicted molar refractivity (Wildman–Crippen MR) is 403 cm³/mol. The number of fused-ring (bicyclic) bond motifs is 9. The van der Waals surface area contributed by atoms with Crippen LogP contribution in [0.3, 0.4) is 0 Å². The van der Waals surface area contributed by atoms with Crippen molar-refractivity contribution in [1.82, 2.24) is 24.4 Å². The monoisotopic (exact) mass is 1360 g/mol. The number of allylic oxidation sites excluding steroid dienone is 2. The number of carbonyl (C=O) groups is 2. The van der Waals surface area contributed by atoms with Crippen molar-refractivity contribution in [3.05, 3.63) is 255 Å². The number of amides is 2. The van der Waals surface area contributed by atoms with Crippen LogP contribution in [0.1, 0.15) is 91.0 Å². The zero-order valence-electron chi connectivity index (χ0n) is 57.5. The fourth-order valence-corrected chi connectivity index (χ4v) is 13.3. The van der Waals surface area contributed by atoms with Crippen LogP contribution in [0.4, 0.5) is 20.0 Å². The lowest BCUT2D eigenvalue weighted by Crippen LogP contribution is -2.18. The fourth-order valence-electron chi connectivity index (χ4n) is 13.3. The normalized spacial score (nSPS) is 14.9. The van der Waals surface area contributed by atoms with Gasteiger partial charge >= 0.3 is 7.40 Å². The molecule has 0 saturated heterocycles. The maximum absolute atomic E-state index is 14.8. The third-order valence-electron chi connectivity index (χ3n) is 18.2. The van der Waals surface area contributed by atoms with E-state index in [9.17, 15) is 18.2 Å². The average molecular weight is 1360 g/mol. The molecule has 10 aromatic rings. The molecule has 4 aliphatic heterocycles. The lowest BCUT2D eigenvalue weighted by molar-refractivity contribution is -0.00841. The third kappa shape index (κ3) is 14.8. The number of halogens is 2. The number of aromatic nitrogens is 5. The fraction of sp³-hybridized carbons (Fsp3) is 0.193. The van der Waals surface area contributed by atoms with E-state index >= 15 is 0 Å². The second-order valence-electron chi connectivity index (χ2n) is 25.5. The average Bonchev–Trinajstić information content (AvgIpc) is 1.60. The summed E-state index contributed by atoms with van der Waals surface area (Å²) < 4.78 is 65.4. The predicted octanol–water partition coefficient (Wildman–Crippen LogP) is 17.7. The van der Waals surface area contributed by atoms with Crippen molar-refractivity contribution in [2.24, 2.45) is 4.99 Å². The van der Waals surface area contributed by atoms with Crippen LogP contribution >= 0.6 is 0 Å². The van der Waals surface area contributed by atoms with Crippen LogP contribution in [-0.4, -0.2) is 115 Å². The molecule has 0 unspecified atom stereocenters. The molecule has 8 bridgehead atoms. The van der Waals surface area contributed by atoms with Crippen molar-refractivity contribution in [2.75, 3.05) is 76.7 Å². The highest BCUT2D eigenvalue weighted by Crippen LogP contribution is 2.42. The summed E-state index contributed by atoms with van der Waals surface area (Å²) >= 11 is 0. The number of nitrogens with one attached hydrogen (secondary N) is 4. The first-order valence-electron chi connectivity index (χ1n) is 34.1. The van der Waals surface area contributed by atoms with Crippen LogP contribution < -0.4 is 20.1 Å². The number of benzene rings is 6. The third-order valence-corrected chi connectivity index (χ3v) is 18.2. The Morgan fingerprint density at radius 1 is 0.441 bits per heavy atom. The van der Waals surface area contributed by atoms with E-state index in [2.05, 4.69) is 107 Å². The van der Waals surface area contributed by atoms with E-state index in [1.54, 1.807) is 55.5 Å². The molecule has 8 heterocycles. The number of hydrogen-bond acceptors (Lipinski definition) is 11. The van der Waals surface area contributed by atoms with Gasteiger partial charge in [-0.25, -0.2) is 9.97 Å². The molecule has 4 N–H and O–H groups in total. The summed E-state index contributed by atoms with van der Waals surface area (Å²) in [4.78, 5) is 51.9. The second kappa shape index (κ2) is 30.2. The zero-order chi connectivity index (χ0) is 70.4. The minimum absolute atomic E-state index is 0.249. The molecule has 0 spiro atoms. The van der Waals surface area contributed by atoms with Crippen molar-refractivity contribution < 1.29 is 46.6 Å². The summed E-state index contributed by atoms with van der Waals surface area (Å²) in [6.45, 7) is 15.3. The van der Waals surface area contributed by atoms with E-state index < -0.39 is 7.40 Å². The summed E-state index contributed by atoms with van der Waals surface area (Å²) in [6.07, 6.45) is 10.1. The molecule has 0 saturated carbocycles. The van der Waals surface area contributed by atoms with Gasteiger partial charge in [0.05, 0.1) is 81.3 Å². The number of aromatic amines is 2. The Labute approximate surface area is 590 Å². The van der Waals surface area contributed by atoms with Crippen LogP contribution in [0.25, 0.3) is 96.5 Å². The van der Waals surface area contributed by atoms with Gasteiger partial charge in [0.1, 0.15) is 13.2 Å². The van der Waals surface area contributed by atoms with Crippen LogP contribution in [0.5, 0.6) is 11.5 Å². The highest BCUT2D eigenvalue weighted by molar-refractivity contribution is 6.41. The van der Waals surface area contributed by atoms with Crippen molar-refractivity contribution in [3.63, 3.8) is 0 Å². The molecule has 2 amide bonds. The summed E-state index contributed by atoms with van der Waals surface area (Å²) in [6, 6.07) is 54.4. The van der Waals surface area contributed by atoms with Crippen LogP contribution in [-0.2, 0) is 18.9 Å². The summed E-state index contributed by atoms with van der Waals surface area (Å²) in [5.74, 6) is 0.301. The SMILES string of the molecule is CC1=CC(C)=N/C1=C(/c1ccc(NC(=O)c2ccc(-c3c4nc(c(-c5ccc(C)cc5)c5ccc([nH]5)c(-c5ccc(C(=O)Nc6ccc7c(c6)OCCOCCOCCOCCOCCO7)cc5)c5nc(c(-c6ccc(C)cc6)c6ccc3[nH]6)C=C5)C=C4)cc2)cc1)c1c(C)cc(C)n1B(F)F. The number of hydrogen-bond donors (Lipinski definition) is 4. The van der Waals surface area contributed by atoms with E-state index in [0.717, 1.165) is 105 Å². The molecule has 0 fully saturated rings. The van der Waals surface area contributed by atoms with Gasteiger partial charge in [0.2, 0.25) is 0 Å². The Hall–Kier alpha value is -11.3. The first-order chi connectivity index (χ1) is 49.7. The molecule has 19 heteroatoms. The van der Waals surface area contributed by atoms with Crippen molar-refractivity contribution >= 4 is 88.2 Å². The number of aryl methyl sites for hydroxylation is 4. The van der Waals surface area contributed by atoms with Crippen molar-refractivity contribution in [1.29, 1.82) is 0 Å². The number of aliphatic imine (C=N–C) groups is 1. The van der Waals surface area contributed by atoms with E-state index in [0.29, 0.717) is 132 Å². The van der Waals surface area contributed by atoms with E-state index in [-0.39, 0.29) is 25.0 Å². The van der Waals surface area contributed by atoms with E-state index in [4.69, 9.17) is 43.4 Å². The van der Waals surface area contributed by atoms with Crippen LogP contribution in [0, 0.1) is 27.7 Å². The summed E-state index contributed by atoms with van der Waals surface area (Å²) in [5, 5.41) is 6.13. The number of rotatable bonds is 11. The summed E-state index contributed by atoms with van der Waals surface area (Å²) in [5.41, 5.74) is 22.2. The molecule has 0 radical (unpaired) electrons. The molecule has 6 aromatic carbocycles. The first-order valence-corrected chi connectivity index (χ1v) is 34.1. The maximum Gasteiger partial charge on any atom is 0.677 e. The zero-order valence-corrected chi connectivity index (χ0v) is 57.5. The van der Waals surface area contributed by atoms with Gasteiger partial charge in [0.15, 0.2) is 11.5 Å². The van der Waals surface area contributed by atoms with Gasteiger partial charge < -0.3 is 53.5 Å². The van der Waals surface area contributed by atoms with Gasteiger partial charge in [0, 0.05) is 95.6 Å². The largest absolute Gasteiger partial charge is 0.677 e. The number of anilines is 2. The number of H-pyrrole nitrogens is 2. The van der Waals surface area contributed by atoms with Gasteiger partial charge in [-0.05, 0) is 190 Å².